The summed E-state index contributed by atoms with van der Waals surface area (Å²) in [5.74, 6) is 1.10. The standard InChI is InChI=1S/C56H37B2N7/c1-59-25-46-30-11-5-3-9-28(30)36-17-40-32-13-7-15-34-42-19-44-45-20-43-35-16-8-14-33-41-18-37-29-10-4-6-12-31(29)47(26-60-2)39(37)22-49(41)58(55(33)35)51(43)24-53(45)65(56-63-61-27-62-64-56)52(44)23-50(42)57(54(32)34)48(40)21-38(36)46/h3-24,27,46-47,59-60H,25-26H2,1-2H3. The molecule has 6 heterocycles. The van der Waals surface area contributed by atoms with Crippen molar-refractivity contribution in [2.45, 2.75) is 11.8 Å². The monoisotopic (exact) mass is 829 g/mol. The fourth-order valence-electron chi connectivity index (χ4n) is 13.8. The fraction of sp³-hybridized carbons (Fsp3) is 0.107. The van der Waals surface area contributed by atoms with Crippen LogP contribution in [-0.2, 0) is 0 Å². The maximum atomic E-state index is 4.66. The van der Waals surface area contributed by atoms with E-state index in [1.54, 1.807) is 0 Å². The highest BCUT2D eigenvalue weighted by Crippen LogP contribution is 2.49. The molecule has 7 nitrogen and oxygen atoms in total. The van der Waals surface area contributed by atoms with Crippen LogP contribution in [0.1, 0.15) is 34.1 Å². The number of nitrogens with one attached hydrogen (secondary N) is 2. The number of hydrogen-bond donors (Lipinski definition) is 2. The van der Waals surface area contributed by atoms with E-state index < -0.39 is 0 Å². The second-order valence-electron chi connectivity index (χ2n) is 18.9. The molecule has 302 valence electrons. The second-order valence-corrected chi connectivity index (χ2v) is 18.9. The molecular weight excluding hydrogens is 792 g/mol. The minimum atomic E-state index is 0.129. The molecular formula is C56H37B2N7. The van der Waals surface area contributed by atoms with Gasteiger partial charge in [0.1, 0.15) is 0 Å². The van der Waals surface area contributed by atoms with Crippen LogP contribution in [0.2, 0.25) is 0 Å². The highest BCUT2D eigenvalue weighted by Gasteiger charge is 2.46. The summed E-state index contributed by atoms with van der Waals surface area (Å²) in [7, 11) is 4.13. The molecule has 0 saturated carbocycles. The largest absolute Gasteiger partial charge is 0.319 e. The van der Waals surface area contributed by atoms with Crippen LogP contribution in [0, 0.1) is 0 Å². The first-order valence-corrected chi connectivity index (χ1v) is 23.0. The zero-order valence-electron chi connectivity index (χ0n) is 35.7. The van der Waals surface area contributed by atoms with E-state index in [-0.39, 0.29) is 13.4 Å². The zero-order chi connectivity index (χ0) is 42.4. The molecule has 0 saturated heterocycles. The molecule has 2 N–H and O–H groups in total. The quantitative estimate of drug-likeness (QED) is 0.208. The molecule has 10 aromatic rings. The molecule has 4 aliphatic heterocycles. The minimum absolute atomic E-state index is 0.129. The maximum Gasteiger partial charge on any atom is 0.273 e. The van der Waals surface area contributed by atoms with E-state index in [4.69, 9.17) is 0 Å². The van der Waals surface area contributed by atoms with Crippen LogP contribution in [0.25, 0.3) is 94.5 Å². The zero-order valence-corrected chi connectivity index (χ0v) is 35.7. The Labute approximate surface area is 375 Å². The summed E-state index contributed by atoms with van der Waals surface area (Å²) in [6.45, 7) is 2.06. The highest BCUT2D eigenvalue weighted by atomic mass is 15.3. The second kappa shape index (κ2) is 12.2. The van der Waals surface area contributed by atoms with Gasteiger partial charge in [0.15, 0.2) is 6.33 Å². The number of likely N-dealkylation sites (N-methyl/N-ethyl adjacent to an activating group) is 2. The Hall–Kier alpha value is -7.45. The molecule has 2 unspecified atom stereocenters. The molecule has 6 aliphatic rings. The van der Waals surface area contributed by atoms with Crippen LogP contribution in [0.3, 0.4) is 0 Å². The normalized spacial score (nSPS) is 16.3. The van der Waals surface area contributed by atoms with Gasteiger partial charge in [0, 0.05) is 35.7 Å². The first-order chi connectivity index (χ1) is 32.2. The maximum absolute atomic E-state index is 4.66. The molecule has 0 spiro atoms. The SMILES string of the molecule is CNCC1c2ccccc2-c2cc3c(cc21)B1c2cc4c(cc2-c2cccc-3c21)c1cc2c(cc1n4-c1nncnn1)B1c3cc4c(cc3-c3cccc-2c31)-c1ccccc1C4CNC. The van der Waals surface area contributed by atoms with E-state index in [0.29, 0.717) is 17.8 Å². The van der Waals surface area contributed by atoms with Gasteiger partial charge in [0.05, 0.1) is 11.0 Å². The van der Waals surface area contributed by atoms with Crippen molar-refractivity contribution in [2.75, 3.05) is 27.2 Å². The Kier molecular flexibility index (Phi) is 6.57. The summed E-state index contributed by atoms with van der Waals surface area (Å²) in [6, 6.07) is 51.8. The Morgan fingerprint density at radius 1 is 0.431 bits per heavy atom. The van der Waals surface area contributed by atoms with Crippen molar-refractivity contribution in [3.63, 3.8) is 0 Å². The predicted octanol–water partition coefficient (Wildman–Crippen LogP) is 5.98. The molecule has 0 amide bonds. The van der Waals surface area contributed by atoms with Gasteiger partial charge in [-0.25, -0.2) is 0 Å². The molecule has 0 radical (unpaired) electrons. The summed E-state index contributed by atoms with van der Waals surface area (Å²) in [4.78, 5) is 0. The van der Waals surface area contributed by atoms with E-state index in [0.717, 1.165) is 24.1 Å². The number of rotatable bonds is 5. The van der Waals surface area contributed by atoms with E-state index in [1.165, 1.54) is 139 Å². The average Bonchev–Trinajstić information content (AvgIpc) is 4.21. The summed E-state index contributed by atoms with van der Waals surface area (Å²) in [6.07, 6.45) is 1.42. The Morgan fingerprint density at radius 3 is 1.31 bits per heavy atom. The fourth-order valence-corrected chi connectivity index (χ4v) is 13.8. The van der Waals surface area contributed by atoms with Crippen molar-refractivity contribution in [3.05, 3.63) is 162 Å². The number of benzene rings is 8. The van der Waals surface area contributed by atoms with Crippen molar-refractivity contribution in [1.82, 2.24) is 35.6 Å². The van der Waals surface area contributed by atoms with Crippen LogP contribution in [0.5, 0.6) is 0 Å². The number of aromatic nitrogens is 5. The van der Waals surface area contributed by atoms with Gasteiger partial charge < -0.3 is 10.6 Å². The van der Waals surface area contributed by atoms with E-state index >= 15 is 0 Å². The lowest BCUT2D eigenvalue weighted by Crippen LogP contribution is -2.46. The van der Waals surface area contributed by atoms with Crippen molar-refractivity contribution >= 4 is 68.0 Å². The van der Waals surface area contributed by atoms with E-state index in [2.05, 4.69) is 183 Å². The predicted molar refractivity (Wildman–Crippen MR) is 265 cm³/mol. The molecule has 2 aliphatic carbocycles. The van der Waals surface area contributed by atoms with Crippen LogP contribution >= 0.6 is 0 Å². The van der Waals surface area contributed by atoms with Gasteiger partial charge in [-0.3, -0.25) is 4.57 Å². The lowest BCUT2D eigenvalue weighted by Gasteiger charge is -2.16. The van der Waals surface area contributed by atoms with Gasteiger partial charge in [-0.2, -0.15) is 0 Å². The van der Waals surface area contributed by atoms with Crippen LogP contribution in [0.15, 0.2) is 140 Å². The molecule has 0 fully saturated rings. The van der Waals surface area contributed by atoms with Crippen LogP contribution in [-0.4, -0.2) is 65.6 Å². The highest BCUT2D eigenvalue weighted by molar-refractivity contribution is 7.03. The first kappa shape index (κ1) is 35.0. The molecule has 9 heteroatoms. The van der Waals surface area contributed by atoms with Gasteiger partial charge in [0.2, 0.25) is 13.4 Å². The smallest absolute Gasteiger partial charge is 0.273 e. The van der Waals surface area contributed by atoms with Crippen LogP contribution < -0.4 is 43.4 Å². The Bertz CT molecular complexity index is 3630. The molecule has 2 atom stereocenters. The topological polar surface area (TPSA) is 80.6 Å². The van der Waals surface area contributed by atoms with Crippen molar-refractivity contribution in [1.29, 1.82) is 0 Å². The summed E-state index contributed by atoms with van der Waals surface area (Å²) in [5, 5.41) is 27.3. The van der Waals surface area contributed by atoms with Crippen LogP contribution in [0.4, 0.5) is 0 Å². The average molecular weight is 830 g/mol. The van der Waals surface area contributed by atoms with Gasteiger partial charge in [-0.05, 0) is 140 Å². The minimum Gasteiger partial charge on any atom is -0.319 e. The molecule has 0 bridgehead atoms. The Balaban J connectivity index is 0.925. The van der Waals surface area contributed by atoms with Crippen molar-refractivity contribution < 1.29 is 0 Å². The van der Waals surface area contributed by atoms with E-state index in [1.807, 2.05) is 0 Å². The summed E-state index contributed by atoms with van der Waals surface area (Å²) < 4.78 is 2.23. The van der Waals surface area contributed by atoms with Crippen molar-refractivity contribution in [3.8, 4) is 72.7 Å². The Morgan fingerprint density at radius 2 is 0.846 bits per heavy atom. The third-order valence-corrected chi connectivity index (χ3v) is 16.2. The van der Waals surface area contributed by atoms with Gasteiger partial charge in [-0.1, -0.05) is 130 Å². The first-order valence-electron chi connectivity index (χ1n) is 23.0. The number of fused-ring (bicyclic) bond motifs is 21. The van der Waals surface area contributed by atoms with E-state index in [9.17, 15) is 0 Å². The van der Waals surface area contributed by atoms with Gasteiger partial charge in [0.25, 0.3) is 5.95 Å². The number of nitrogens with zero attached hydrogens (tertiary/aromatic N) is 5. The third kappa shape index (κ3) is 4.18. The molecule has 8 aromatic carbocycles. The molecule has 2 aromatic heterocycles. The number of hydrogen-bond acceptors (Lipinski definition) is 6. The summed E-state index contributed by atoms with van der Waals surface area (Å²) in [5.41, 5.74) is 32.3. The third-order valence-electron chi connectivity index (χ3n) is 16.2. The van der Waals surface area contributed by atoms with Gasteiger partial charge in [-0.15, -0.1) is 20.4 Å². The lowest BCUT2D eigenvalue weighted by molar-refractivity contribution is 0.720. The van der Waals surface area contributed by atoms with Crippen molar-refractivity contribution in [2.24, 2.45) is 0 Å². The van der Waals surface area contributed by atoms with Gasteiger partial charge >= 0.3 is 0 Å². The molecule has 65 heavy (non-hydrogen) atoms. The molecule has 16 rings (SSSR count). The lowest BCUT2D eigenvalue weighted by atomic mass is 9.41. The summed E-state index contributed by atoms with van der Waals surface area (Å²) >= 11 is 0.